The second-order valence-corrected chi connectivity index (χ2v) is 7.43. The van der Waals surface area contributed by atoms with Crippen molar-refractivity contribution >= 4 is 23.2 Å². The first kappa shape index (κ1) is 18.5. The molecule has 1 aliphatic heterocycles. The third-order valence-electron chi connectivity index (χ3n) is 4.40. The van der Waals surface area contributed by atoms with E-state index in [4.69, 9.17) is 5.73 Å². The number of piperidine rings is 1. The van der Waals surface area contributed by atoms with Crippen LogP contribution in [0.3, 0.4) is 0 Å². The Balaban J connectivity index is 1.62. The van der Waals surface area contributed by atoms with Crippen LogP contribution in [-0.4, -0.2) is 47.4 Å². The molecule has 8 heteroatoms. The number of carbonyl (C=O) groups excluding carboxylic acids is 2. The minimum atomic E-state index is -0.332. The smallest absolute Gasteiger partial charge is 0.263 e. The molecule has 1 fully saturated rings. The first-order valence-electron chi connectivity index (χ1n) is 8.47. The van der Waals surface area contributed by atoms with E-state index in [1.54, 1.807) is 19.1 Å². The average Bonchev–Trinajstić information content (AvgIpc) is 2.99. The molecule has 2 aromatic rings. The van der Waals surface area contributed by atoms with Gasteiger partial charge in [0.15, 0.2) is 0 Å². The lowest BCUT2D eigenvalue weighted by atomic mass is 10.0. The number of primary amides is 1. The molecule has 0 bridgehead atoms. The fourth-order valence-corrected chi connectivity index (χ4v) is 4.00. The van der Waals surface area contributed by atoms with Crippen molar-refractivity contribution in [1.82, 2.24) is 15.2 Å². The van der Waals surface area contributed by atoms with E-state index >= 15 is 0 Å². The van der Waals surface area contributed by atoms with Crippen LogP contribution in [0.15, 0.2) is 24.3 Å². The minimum absolute atomic E-state index is 0.0717. The maximum atomic E-state index is 13.1. The molecule has 1 saturated heterocycles. The zero-order chi connectivity index (χ0) is 18.7. The van der Waals surface area contributed by atoms with Crippen LogP contribution in [0.2, 0.25) is 0 Å². The van der Waals surface area contributed by atoms with Crippen molar-refractivity contribution in [3.63, 3.8) is 0 Å². The molecule has 0 aliphatic carbocycles. The highest BCUT2D eigenvalue weighted by molar-refractivity contribution is 7.17. The molecule has 6 nitrogen and oxygen atoms in total. The second kappa shape index (κ2) is 7.92. The quantitative estimate of drug-likeness (QED) is 0.835. The molecule has 0 atom stereocenters. The van der Waals surface area contributed by atoms with Crippen molar-refractivity contribution in [2.45, 2.75) is 25.8 Å². The summed E-state index contributed by atoms with van der Waals surface area (Å²) in [7, 11) is 0. The highest BCUT2D eigenvalue weighted by atomic mass is 32.1. The number of rotatable bonds is 5. The Morgan fingerprint density at radius 2 is 1.96 bits per heavy atom. The zero-order valence-electron chi connectivity index (χ0n) is 14.5. The molecule has 1 aliphatic rings. The topological polar surface area (TPSA) is 88.3 Å². The first-order chi connectivity index (χ1) is 12.4. The van der Waals surface area contributed by atoms with Gasteiger partial charge < -0.3 is 11.1 Å². The number of aromatic nitrogens is 1. The minimum Gasteiger partial charge on any atom is -0.369 e. The molecule has 0 spiro atoms. The molecule has 2 amide bonds. The number of thiazole rings is 1. The summed E-state index contributed by atoms with van der Waals surface area (Å²) >= 11 is 1.31. The first-order valence-corrected chi connectivity index (χ1v) is 9.29. The fourth-order valence-electron chi connectivity index (χ4n) is 3.03. The summed E-state index contributed by atoms with van der Waals surface area (Å²) in [4.78, 5) is 30.6. The van der Waals surface area contributed by atoms with E-state index in [0.29, 0.717) is 15.6 Å². The van der Waals surface area contributed by atoms with Crippen LogP contribution < -0.4 is 11.1 Å². The second-order valence-electron chi connectivity index (χ2n) is 6.43. The van der Waals surface area contributed by atoms with Crippen LogP contribution in [0, 0.1) is 12.7 Å². The van der Waals surface area contributed by atoms with Crippen LogP contribution in [0.4, 0.5) is 4.39 Å². The fraction of sp³-hybridized carbons (Fsp3) is 0.389. The average molecular weight is 376 g/mol. The highest BCUT2D eigenvalue weighted by Crippen LogP contribution is 2.28. The Morgan fingerprint density at radius 1 is 1.31 bits per heavy atom. The van der Waals surface area contributed by atoms with Crippen molar-refractivity contribution in [1.29, 1.82) is 0 Å². The summed E-state index contributed by atoms with van der Waals surface area (Å²) in [5.41, 5.74) is 6.67. The molecule has 3 rings (SSSR count). The van der Waals surface area contributed by atoms with E-state index in [0.717, 1.165) is 31.5 Å². The van der Waals surface area contributed by atoms with Crippen molar-refractivity contribution in [2.24, 2.45) is 5.73 Å². The van der Waals surface area contributed by atoms with E-state index < -0.39 is 0 Å². The maximum absolute atomic E-state index is 13.1. The van der Waals surface area contributed by atoms with Crippen LogP contribution in [0.5, 0.6) is 0 Å². The zero-order valence-corrected chi connectivity index (χ0v) is 15.3. The summed E-state index contributed by atoms with van der Waals surface area (Å²) in [6.45, 7) is 3.52. The van der Waals surface area contributed by atoms with Gasteiger partial charge in [-0.1, -0.05) is 0 Å². The number of nitrogens with one attached hydrogen (secondary N) is 1. The van der Waals surface area contributed by atoms with Gasteiger partial charge in [-0.3, -0.25) is 14.5 Å². The van der Waals surface area contributed by atoms with Gasteiger partial charge >= 0.3 is 0 Å². The molecule has 1 aromatic heterocycles. The molecular weight excluding hydrogens is 355 g/mol. The predicted octanol–water partition coefficient (Wildman–Crippen LogP) is 1.94. The molecule has 0 unspecified atom stereocenters. The van der Waals surface area contributed by atoms with E-state index in [2.05, 4.69) is 10.3 Å². The van der Waals surface area contributed by atoms with Gasteiger partial charge in [0, 0.05) is 24.7 Å². The van der Waals surface area contributed by atoms with Crippen LogP contribution >= 0.6 is 11.3 Å². The van der Waals surface area contributed by atoms with Crippen LogP contribution in [-0.2, 0) is 4.79 Å². The maximum Gasteiger partial charge on any atom is 0.263 e. The van der Waals surface area contributed by atoms with Crippen molar-refractivity contribution < 1.29 is 14.0 Å². The van der Waals surface area contributed by atoms with Crippen molar-refractivity contribution in [3.05, 3.63) is 40.7 Å². The number of carbonyl (C=O) groups is 2. The number of hydrogen-bond acceptors (Lipinski definition) is 5. The van der Waals surface area contributed by atoms with Gasteiger partial charge in [-0.05, 0) is 44.0 Å². The highest BCUT2D eigenvalue weighted by Gasteiger charge is 2.24. The normalized spacial score (nSPS) is 15.8. The Morgan fingerprint density at radius 3 is 2.58 bits per heavy atom. The Bertz CT molecular complexity index is 798. The third-order valence-corrected chi connectivity index (χ3v) is 5.60. The van der Waals surface area contributed by atoms with Gasteiger partial charge in [0.25, 0.3) is 5.91 Å². The van der Waals surface area contributed by atoms with Gasteiger partial charge in [-0.2, -0.15) is 0 Å². The van der Waals surface area contributed by atoms with E-state index in [9.17, 15) is 14.0 Å². The number of amides is 2. The summed E-state index contributed by atoms with van der Waals surface area (Å²) in [6, 6.07) is 6.15. The summed E-state index contributed by atoms with van der Waals surface area (Å²) in [6.07, 6.45) is 1.56. The lowest BCUT2D eigenvalue weighted by Gasteiger charge is -2.31. The molecule has 0 radical (unpaired) electrons. The third kappa shape index (κ3) is 4.44. The molecular formula is C18H21FN4O2S. The molecule has 2 heterocycles. The van der Waals surface area contributed by atoms with Gasteiger partial charge in [0.1, 0.15) is 15.7 Å². The molecule has 26 heavy (non-hydrogen) atoms. The van der Waals surface area contributed by atoms with Crippen molar-refractivity contribution in [3.8, 4) is 10.6 Å². The Labute approximate surface area is 155 Å². The van der Waals surface area contributed by atoms with E-state index in [1.165, 1.54) is 23.5 Å². The molecule has 3 N–H and O–H groups in total. The number of hydrogen-bond donors (Lipinski definition) is 2. The molecule has 138 valence electrons. The lowest BCUT2D eigenvalue weighted by molar-refractivity contribution is -0.119. The molecule has 0 saturated carbocycles. The summed E-state index contributed by atoms with van der Waals surface area (Å²) in [5.74, 6) is -0.773. The Kier molecular flexibility index (Phi) is 5.63. The van der Waals surface area contributed by atoms with Crippen molar-refractivity contribution in [2.75, 3.05) is 19.6 Å². The van der Waals surface area contributed by atoms with Crippen LogP contribution in [0.1, 0.15) is 28.2 Å². The number of halogens is 1. The SMILES string of the molecule is Cc1nc(-c2ccc(F)cc2)sc1C(=O)NC1CCN(CC(N)=O)CC1. The van der Waals surface area contributed by atoms with E-state index in [-0.39, 0.29) is 30.2 Å². The van der Waals surface area contributed by atoms with Crippen LogP contribution in [0.25, 0.3) is 10.6 Å². The van der Waals surface area contributed by atoms with E-state index in [1.807, 2.05) is 4.90 Å². The standard InChI is InChI=1S/C18H21FN4O2S/c1-11-16(26-18(21-11)12-2-4-13(19)5-3-12)17(25)22-14-6-8-23(9-7-14)10-15(20)24/h2-5,14H,6-10H2,1H3,(H2,20,24)(H,22,25). The monoisotopic (exact) mass is 376 g/mol. The predicted molar refractivity (Wildman–Crippen MR) is 98.4 cm³/mol. The van der Waals surface area contributed by atoms with Gasteiger partial charge in [0.2, 0.25) is 5.91 Å². The van der Waals surface area contributed by atoms with Gasteiger partial charge in [-0.15, -0.1) is 11.3 Å². The van der Waals surface area contributed by atoms with Gasteiger partial charge in [-0.25, -0.2) is 9.37 Å². The largest absolute Gasteiger partial charge is 0.369 e. The molecule has 1 aromatic carbocycles. The number of nitrogens with two attached hydrogens (primary N) is 1. The number of nitrogens with zero attached hydrogens (tertiary/aromatic N) is 2. The number of aryl methyl sites for hydroxylation is 1. The summed E-state index contributed by atoms with van der Waals surface area (Å²) in [5, 5.41) is 3.75. The summed E-state index contributed by atoms with van der Waals surface area (Å²) < 4.78 is 13.1. The number of benzene rings is 1. The number of likely N-dealkylation sites (tertiary alicyclic amines) is 1. The Hall–Kier alpha value is -2.32. The van der Waals surface area contributed by atoms with Gasteiger partial charge in [0.05, 0.1) is 12.2 Å². The lowest BCUT2D eigenvalue weighted by Crippen LogP contribution is -2.46.